The van der Waals surface area contributed by atoms with Crippen molar-refractivity contribution in [2.45, 2.75) is 13.2 Å². The van der Waals surface area contributed by atoms with E-state index in [2.05, 4.69) is 32.1 Å². The van der Waals surface area contributed by atoms with Crippen LogP contribution in [-0.2, 0) is 6.54 Å². The highest BCUT2D eigenvalue weighted by Crippen LogP contribution is 2.31. The zero-order valence-corrected chi connectivity index (χ0v) is 16.3. The van der Waals surface area contributed by atoms with Crippen LogP contribution >= 0.6 is 0 Å². The number of rotatable bonds is 5. The first kappa shape index (κ1) is 20.0. The summed E-state index contributed by atoms with van der Waals surface area (Å²) in [7, 11) is 0. The number of amides is 2. The second-order valence-electron chi connectivity index (χ2n) is 7.07. The lowest BCUT2D eigenvalue weighted by molar-refractivity contribution is -0.0489. The van der Waals surface area contributed by atoms with Crippen LogP contribution in [0.3, 0.4) is 0 Å². The molecule has 0 saturated carbocycles. The van der Waals surface area contributed by atoms with Crippen molar-refractivity contribution >= 4 is 22.6 Å². The third kappa shape index (κ3) is 4.65. The van der Waals surface area contributed by atoms with Gasteiger partial charge in [-0.05, 0) is 29.8 Å². The molecular weight excluding hydrogens is 390 g/mol. The monoisotopic (exact) mass is 412 g/mol. The molecule has 0 unspecified atom stereocenters. The Bertz CT molecular complexity index is 1010. The number of benzene rings is 2. The van der Waals surface area contributed by atoms with E-state index in [1.807, 2.05) is 18.2 Å². The molecule has 0 bridgehead atoms. The average molecular weight is 412 g/mol. The molecule has 3 aromatic rings. The minimum atomic E-state index is -2.94. The number of carbonyl (C=O) groups is 1. The first-order valence-corrected chi connectivity index (χ1v) is 9.75. The quantitative estimate of drug-likeness (QED) is 0.683. The van der Waals surface area contributed by atoms with Gasteiger partial charge in [0.1, 0.15) is 5.52 Å². The van der Waals surface area contributed by atoms with Crippen LogP contribution in [-0.4, -0.2) is 53.6 Å². The zero-order chi connectivity index (χ0) is 20.9. The fourth-order valence-corrected chi connectivity index (χ4v) is 3.59. The van der Waals surface area contributed by atoms with Crippen LogP contribution in [0.4, 0.5) is 19.3 Å². The summed E-state index contributed by atoms with van der Waals surface area (Å²) in [6.07, 6.45) is 1.50. The van der Waals surface area contributed by atoms with Crippen molar-refractivity contribution in [2.24, 2.45) is 0 Å². The number of piperazine rings is 1. The molecule has 30 heavy (non-hydrogen) atoms. The topological polar surface area (TPSA) is 57.7 Å². The van der Waals surface area contributed by atoms with E-state index >= 15 is 0 Å². The van der Waals surface area contributed by atoms with Gasteiger partial charge < -0.3 is 15.0 Å². The normalized spacial score (nSPS) is 14.8. The summed E-state index contributed by atoms with van der Waals surface area (Å²) in [5.74, 6) is -0.0203. The number of halogens is 2. The molecule has 2 aromatic carbocycles. The van der Waals surface area contributed by atoms with Crippen molar-refractivity contribution in [2.75, 3.05) is 31.5 Å². The molecule has 1 aliphatic rings. The number of nitrogens with one attached hydrogen (secondary N) is 1. The lowest BCUT2D eigenvalue weighted by atomic mass is 10.1. The number of aromatic nitrogens is 1. The molecule has 0 spiro atoms. The molecule has 1 aromatic heterocycles. The number of nitrogens with zero attached hydrogens (tertiary/aromatic N) is 3. The predicted octanol–water partition coefficient (Wildman–Crippen LogP) is 4.19. The number of anilines is 1. The SMILES string of the molecule is O=C(Nc1ccc(OC(F)F)c2ncccc12)N1CCN(Cc2ccccc2)CC1. The van der Waals surface area contributed by atoms with Crippen LogP contribution < -0.4 is 10.1 Å². The Morgan fingerprint density at radius 3 is 2.53 bits per heavy atom. The van der Waals surface area contributed by atoms with Gasteiger partial charge in [0.2, 0.25) is 0 Å². The molecule has 0 atom stereocenters. The second-order valence-corrected chi connectivity index (χ2v) is 7.07. The van der Waals surface area contributed by atoms with Gasteiger partial charge in [-0.3, -0.25) is 9.88 Å². The highest BCUT2D eigenvalue weighted by Gasteiger charge is 2.22. The predicted molar refractivity (Wildman–Crippen MR) is 111 cm³/mol. The number of pyridine rings is 1. The first-order valence-electron chi connectivity index (χ1n) is 9.75. The summed E-state index contributed by atoms with van der Waals surface area (Å²) >= 11 is 0. The number of fused-ring (bicyclic) bond motifs is 1. The van der Waals surface area contributed by atoms with E-state index in [4.69, 9.17) is 0 Å². The molecule has 1 saturated heterocycles. The third-order valence-corrected chi connectivity index (χ3v) is 5.10. The standard InChI is InChI=1S/C22H22F2N4O2/c23-21(24)30-19-9-8-18(17-7-4-10-25-20(17)19)26-22(29)28-13-11-27(12-14-28)15-16-5-2-1-3-6-16/h1-10,21H,11-15H2,(H,26,29). The van der Waals surface area contributed by atoms with Gasteiger partial charge in [-0.1, -0.05) is 30.3 Å². The maximum atomic E-state index is 12.8. The van der Waals surface area contributed by atoms with Crippen LogP contribution in [0, 0.1) is 0 Å². The highest BCUT2D eigenvalue weighted by atomic mass is 19.3. The molecule has 2 amide bonds. The van der Waals surface area contributed by atoms with Crippen molar-refractivity contribution in [3.63, 3.8) is 0 Å². The van der Waals surface area contributed by atoms with Gasteiger partial charge >= 0.3 is 12.6 Å². The molecule has 6 nitrogen and oxygen atoms in total. The summed E-state index contributed by atoms with van der Waals surface area (Å²) in [6.45, 7) is 0.710. The minimum Gasteiger partial charge on any atom is -0.432 e. The summed E-state index contributed by atoms with van der Waals surface area (Å²) < 4.78 is 29.8. The van der Waals surface area contributed by atoms with Gasteiger partial charge in [0.25, 0.3) is 0 Å². The highest BCUT2D eigenvalue weighted by molar-refractivity contribution is 6.02. The molecule has 156 valence electrons. The van der Waals surface area contributed by atoms with E-state index < -0.39 is 6.61 Å². The molecular formula is C22H22F2N4O2. The summed E-state index contributed by atoms with van der Waals surface area (Å²) in [4.78, 5) is 21.0. The Morgan fingerprint density at radius 2 is 1.80 bits per heavy atom. The zero-order valence-electron chi connectivity index (χ0n) is 16.3. The summed E-state index contributed by atoms with van der Waals surface area (Å²) in [5.41, 5.74) is 2.04. The number of carbonyl (C=O) groups excluding carboxylic acids is 1. The lowest BCUT2D eigenvalue weighted by Gasteiger charge is -2.34. The van der Waals surface area contributed by atoms with Gasteiger partial charge in [0, 0.05) is 44.3 Å². The Labute approximate surface area is 173 Å². The van der Waals surface area contributed by atoms with Crippen molar-refractivity contribution in [3.05, 3.63) is 66.4 Å². The molecule has 0 aliphatic carbocycles. The van der Waals surface area contributed by atoms with Crippen LogP contribution in [0.2, 0.25) is 0 Å². The number of hydrogen-bond donors (Lipinski definition) is 1. The van der Waals surface area contributed by atoms with Gasteiger partial charge in [0.15, 0.2) is 5.75 Å². The van der Waals surface area contributed by atoms with Crippen molar-refractivity contribution < 1.29 is 18.3 Å². The van der Waals surface area contributed by atoms with Crippen molar-refractivity contribution in [1.29, 1.82) is 0 Å². The van der Waals surface area contributed by atoms with E-state index in [1.54, 1.807) is 23.1 Å². The average Bonchev–Trinajstić information content (AvgIpc) is 2.76. The maximum absolute atomic E-state index is 12.8. The Kier molecular flexibility index (Phi) is 6.04. The van der Waals surface area contributed by atoms with Gasteiger partial charge in [-0.2, -0.15) is 8.78 Å². The number of hydrogen-bond acceptors (Lipinski definition) is 4. The van der Waals surface area contributed by atoms with Gasteiger partial charge in [-0.15, -0.1) is 0 Å². The van der Waals surface area contributed by atoms with E-state index in [-0.39, 0.29) is 17.3 Å². The van der Waals surface area contributed by atoms with E-state index in [0.717, 1.165) is 19.6 Å². The van der Waals surface area contributed by atoms with E-state index in [1.165, 1.54) is 17.8 Å². The Morgan fingerprint density at radius 1 is 1.03 bits per heavy atom. The largest absolute Gasteiger partial charge is 0.432 e. The number of ether oxygens (including phenoxy) is 1. The van der Waals surface area contributed by atoms with Crippen LogP contribution in [0.1, 0.15) is 5.56 Å². The molecule has 1 fully saturated rings. The van der Waals surface area contributed by atoms with Gasteiger partial charge in [0.05, 0.1) is 5.69 Å². The van der Waals surface area contributed by atoms with Gasteiger partial charge in [-0.25, -0.2) is 4.79 Å². The fourth-order valence-electron chi connectivity index (χ4n) is 3.59. The smallest absolute Gasteiger partial charge is 0.387 e. The molecule has 0 radical (unpaired) electrons. The molecule has 1 aliphatic heterocycles. The lowest BCUT2D eigenvalue weighted by Crippen LogP contribution is -2.49. The minimum absolute atomic E-state index is 0.0203. The number of urea groups is 1. The van der Waals surface area contributed by atoms with Crippen molar-refractivity contribution in [3.8, 4) is 5.75 Å². The first-order chi connectivity index (χ1) is 14.6. The Balaban J connectivity index is 1.40. The molecule has 4 rings (SSSR count). The molecule has 2 heterocycles. The molecule has 1 N–H and O–H groups in total. The van der Waals surface area contributed by atoms with E-state index in [0.29, 0.717) is 24.2 Å². The second kappa shape index (κ2) is 9.04. The Hall–Kier alpha value is -3.26. The third-order valence-electron chi connectivity index (χ3n) is 5.10. The molecule has 8 heteroatoms. The summed E-state index contributed by atoms with van der Waals surface area (Å²) in [6, 6.07) is 16.4. The van der Waals surface area contributed by atoms with Crippen LogP contribution in [0.25, 0.3) is 10.9 Å². The van der Waals surface area contributed by atoms with Crippen LogP contribution in [0.5, 0.6) is 5.75 Å². The van der Waals surface area contributed by atoms with E-state index in [9.17, 15) is 13.6 Å². The summed E-state index contributed by atoms with van der Waals surface area (Å²) in [5, 5.41) is 3.43. The maximum Gasteiger partial charge on any atom is 0.387 e. The fraction of sp³-hybridized carbons (Fsp3) is 0.273. The number of alkyl halides is 2. The van der Waals surface area contributed by atoms with Crippen molar-refractivity contribution in [1.82, 2.24) is 14.8 Å². The van der Waals surface area contributed by atoms with Crippen LogP contribution in [0.15, 0.2) is 60.8 Å².